The van der Waals surface area contributed by atoms with E-state index in [4.69, 9.17) is 10.2 Å². The van der Waals surface area contributed by atoms with Crippen LogP contribution in [0.25, 0.3) is 0 Å². The lowest BCUT2D eigenvalue weighted by Gasteiger charge is -2.09. The maximum Gasteiger partial charge on any atom is 0.221 e. The van der Waals surface area contributed by atoms with Crippen molar-refractivity contribution in [1.82, 2.24) is 0 Å². The van der Waals surface area contributed by atoms with Gasteiger partial charge < -0.3 is 15.5 Å². The monoisotopic (exact) mass is 230 g/mol. The van der Waals surface area contributed by atoms with E-state index in [1.54, 1.807) is 12.5 Å². The molecular weight excluding hydrogens is 216 g/mol. The Morgan fingerprint density at radius 3 is 2.82 bits per heavy atom. The number of benzene rings is 1. The Kier molecular flexibility index (Phi) is 3.45. The summed E-state index contributed by atoms with van der Waals surface area (Å²) >= 11 is 0. The van der Waals surface area contributed by atoms with E-state index < -0.39 is 0 Å². The molecule has 0 radical (unpaired) electrons. The summed E-state index contributed by atoms with van der Waals surface area (Å²) in [5.74, 6) is -0.331. The lowest BCUT2D eigenvalue weighted by Crippen LogP contribution is -2.15. The normalized spacial score (nSPS) is 10.1. The SMILES string of the molecule is NC(=O)Cc1ccccc1NCc1ccoc1. The minimum atomic E-state index is -0.331. The average Bonchev–Trinajstić information content (AvgIpc) is 2.80. The highest BCUT2D eigenvalue weighted by atomic mass is 16.3. The van der Waals surface area contributed by atoms with Crippen molar-refractivity contribution in [3.05, 3.63) is 54.0 Å². The number of para-hydroxylation sites is 1. The standard InChI is InChI=1S/C13H14N2O2/c14-13(16)7-11-3-1-2-4-12(11)15-8-10-5-6-17-9-10/h1-6,9,15H,7-8H2,(H2,14,16). The molecule has 0 saturated heterocycles. The molecule has 4 nitrogen and oxygen atoms in total. The maximum absolute atomic E-state index is 10.9. The van der Waals surface area contributed by atoms with Crippen molar-refractivity contribution < 1.29 is 9.21 Å². The van der Waals surface area contributed by atoms with Crippen molar-refractivity contribution in [3.8, 4) is 0 Å². The van der Waals surface area contributed by atoms with Gasteiger partial charge in [-0.15, -0.1) is 0 Å². The molecule has 88 valence electrons. The second-order valence-electron chi connectivity index (χ2n) is 3.79. The molecule has 1 aromatic carbocycles. The predicted octanol–water partition coefficient (Wildman–Crippen LogP) is 1.92. The van der Waals surface area contributed by atoms with Crippen LogP contribution in [0.15, 0.2) is 47.3 Å². The minimum absolute atomic E-state index is 0.245. The van der Waals surface area contributed by atoms with Crippen LogP contribution in [0.4, 0.5) is 5.69 Å². The number of anilines is 1. The zero-order valence-electron chi connectivity index (χ0n) is 9.35. The molecule has 0 bridgehead atoms. The van der Waals surface area contributed by atoms with Gasteiger partial charge in [-0.05, 0) is 17.7 Å². The Balaban J connectivity index is 2.06. The number of furan rings is 1. The van der Waals surface area contributed by atoms with E-state index in [-0.39, 0.29) is 12.3 Å². The largest absolute Gasteiger partial charge is 0.472 e. The number of amides is 1. The van der Waals surface area contributed by atoms with Gasteiger partial charge in [0, 0.05) is 17.8 Å². The van der Waals surface area contributed by atoms with Gasteiger partial charge in [-0.25, -0.2) is 0 Å². The van der Waals surface area contributed by atoms with Gasteiger partial charge in [-0.1, -0.05) is 18.2 Å². The summed E-state index contributed by atoms with van der Waals surface area (Å²) in [7, 11) is 0. The van der Waals surface area contributed by atoms with Crippen LogP contribution in [0.5, 0.6) is 0 Å². The first-order valence-corrected chi connectivity index (χ1v) is 5.37. The van der Waals surface area contributed by atoms with Gasteiger partial charge >= 0.3 is 0 Å². The molecule has 0 saturated carbocycles. The summed E-state index contributed by atoms with van der Waals surface area (Å²) in [5.41, 5.74) is 8.09. The Morgan fingerprint density at radius 2 is 2.12 bits per heavy atom. The lowest BCUT2D eigenvalue weighted by atomic mass is 10.1. The average molecular weight is 230 g/mol. The number of nitrogens with one attached hydrogen (secondary N) is 1. The summed E-state index contributed by atoms with van der Waals surface area (Å²) in [6.45, 7) is 0.659. The molecule has 17 heavy (non-hydrogen) atoms. The number of hydrogen-bond donors (Lipinski definition) is 2. The zero-order chi connectivity index (χ0) is 12.1. The number of carbonyl (C=O) groups excluding carboxylic acids is 1. The minimum Gasteiger partial charge on any atom is -0.472 e. The fourth-order valence-electron chi connectivity index (χ4n) is 1.63. The molecule has 0 fully saturated rings. The van der Waals surface area contributed by atoms with E-state index in [0.29, 0.717) is 6.54 Å². The van der Waals surface area contributed by atoms with Crippen LogP contribution >= 0.6 is 0 Å². The molecule has 1 heterocycles. The molecule has 0 aliphatic rings. The highest BCUT2D eigenvalue weighted by Gasteiger charge is 2.04. The van der Waals surface area contributed by atoms with E-state index in [2.05, 4.69) is 5.32 Å². The lowest BCUT2D eigenvalue weighted by molar-refractivity contribution is -0.117. The van der Waals surface area contributed by atoms with E-state index in [9.17, 15) is 4.79 Å². The van der Waals surface area contributed by atoms with Crippen LogP contribution in [0.2, 0.25) is 0 Å². The maximum atomic E-state index is 10.9. The van der Waals surface area contributed by atoms with Crippen molar-refractivity contribution in [2.24, 2.45) is 5.73 Å². The van der Waals surface area contributed by atoms with Gasteiger partial charge in [-0.3, -0.25) is 4.79 Å². The van der Waals surface area contributed by atoms with Crippen molar-refractivity contribution in [2.45, 2.75) is 13.0 Å². The molecule has 0 atom stereocenters. The van der Waals surface area contributed by atoms with E-state index in [1.165, 1.54) is 0 Å². The third-order valence-electron chi connectivity index (χ3n) is 2.45. The molecule has 2 aromatic rings. The molecular formula is C13H14N2O2. The van der Waals surface area contributed by atoms with Gasteiger partial charge in [0.1, 0.15) is 0 Å². The Bertz CT molecular complexity index is 492. The van der Waals surface area contributed by atoms with Crippen LogP contribution in [-0.4, -0.2) is 5.91 Å². The quantitative estimate of drug-likeness (QED) is 0.824. The van der Waals surface area contributed by atoms with Gasteiger partial charge in [0.25, 0.3) is 0 Å². The summed E-state index contributed by atoms with van der Waals surface area (Å²) in [6.07, 6.45) is 3.56. The predicted molar refractivity (Wildman–Crippen MR) is 65.4 cm³/mol. The van der Waals surface area contributed by atoms with Crippen molar-refractivity contribution >= 4 is 11.6 Å². The summed E-state index contributed by atoms with van der Waals surface area (Å²) in [5, 5.41) is 3.25. The molecule has 4 heteroatoms. The number of nitrogens with two attached hydrogens (primary N) is 1. The number of carbonyl (C=O) groups is 1. The van der Waals surface area contributed by atoms with Crippen molar-refractivity contribution in [2.75, 3.05) is 5.32 Å². The van der Waals surface area contributed by atoms with Crippen molar-refractivity contribution in [1.29, 1.82) is 0 Å². The van der Waals surface area contributed by atoms with Crippen LogP contribution in [0.3, 0.4) is 0 Å². The van der Waals surface area contributed by atoms with Crippen LogP contribution in [-0.2, 0) is 17.8 Å². The van der Waals surface area contributed by atoms with Gasteiger partial charge in [-0.2, -0.15) is 0 Å². The second-order valence-corrected chi connectivity index (χ2v) is 3.79. The smallest absolute Gasteiger partial charge is 0.221 e. The van der Waals surface area contributed by atoms with E-state index >= 15 is 0 Å². The third-order valence-corrected chi connectivity index (χ3v) is 2.45. The highest BCUT2D eigenvalue weighted by molar-refractivity contribution is 5.78. The van der Waals surface area contributed by atoms with Crippen molar-refractivity contribution in [3.63, 3.8) is 0 Å². The molecule has 3 N–H and O–H groups in total. The first kappa shape index (κ1) is 11.3. The third kappa shape index (κ3) is 3.11. The van der Waals surface area contributed by atoms with Gasteiger partial charge in [0.05, 0.1) is 18.9 Å². The number of rotatable bonds is 5. The first-order chi connectivity index (χ1) is 8.25. The van der Waals surface area contributed by atoms with Gasteiger partial charge in [0.2, 0.25) is 5.91 Å². The van der Waals surface area contributed by atoms with E-state index in [1.807, 2.05) is 30.3 Å². The Morgan fingerprint density at radius 1 is 1.29 bits per heavy atom. The first-order valence-electron chi connectivity index (χ1n) is 5.37. The topological polar surface area (TPSA) is 68.3 Å². The Labute approximate surface area is 99.4 Å². The molecule has 1 aromatic heterocycles. The van der Waals surface area contributed by atoms with Crippen LogP contribution < -0.4 is 11.1 Å². The number of hydrogen-bond acceptors (Lipinski definition) is 3. The molecule has 2 rings (SSSR count). The Hall–Kier alpha value is -2.23. The molecule has 0 unspecified atom stereocenters. The molecule has 1 amide bonds. The molecule has 0 aliphatic heterocycles. The molecule has 0 aliphatic carbocycles. The van der Waals surface area contributed by atoms with Gasteiger partial charge in [0.15, 0.2) is 0 Å². The number of primary amides is 1. The van der Waals surface area contributed by atoms with E-state index in [0.717, 1.165) is 16.8 Å². The second kappa shape index (κ2) is 5.21. The summed E-state index contributed by atoms with van der Waals surface area (Å²) < 4.78 is 4.98. The fourth-order valence-corrected chi connectivity index (χ4v) is 1.63. The molecule has 0 spiro atoms. The van der Waals surface area contributed by atoms with Crippen LogP contribution in [0, 0.1) is 0 Å². The summed E-state index contributed by atoms with van der Waals surface area (Å²) in [6, 6.07) is 9.52. The van der Waals surface area contributed by atoms with Crippen LogP contribution in [0.1, 0.15) is 11.1 Å². The highest BCUT2D eigenvalue weighted by Crippen LogP contribution is 2.16. The fraction of sp³-hybridized carbons (Fsp3) is 0.154. The zero-order valence-corrected chi connectivity index (χ0v) is 9.35. The summed E-state index contributed by atoms with van der Waals surface area (Å²) in [4.78, 5) is 10.9.